The SMILES string of the molecule is CCCCOc1ccccc1OC(=O)Nc1ccc2[nH]cc(C3=CCN4CCCCC4C3)c2c1. The van der Waals surface area contributed by atoms with Crippen molar-refractivity contribution in [2.75, 3.05) is 25.0 Å². The van der Waals surface area contributed by atoms with Crippen LogP contribution in [0, 0.1) is 0 Å². The van der Waals surface area contributed by atoms with Crippen molar-refractivity contribution in [3.8, 4) is 11.5 Å². The number of hydrogen-bond donors (Lipinski definition) is 2. The van der Waals surface area contributed by atoms with E-state index >= 15 is 0 Å². The van der Waals surface area contributed by atoms with E-state index in [1.165, 1.54) is 36.9 Å². The highest BCUT2D eigenvalue weighted by molar-refractivity contribution is 5.97. The molecule has 1 saturated heterocycles. The lowest BCUT2D eigenvalue weighted by Crippen LogP contribution is -2.41. The second kappa shape index (κ2) is 10.3. The second-order valence-electron chi connectivity index (χ2n) is 9.20. The smallest absolute Gasteiger partial charge is 0.417 e. The van der Waals surface area contributed by atoms with Crippen LogP contribution in [0.15, 0.2) is 54.7 Å². The predicted molar refractivity (Wildman–Crippen MR) is 137 cm³/mol. The number of nitrogens with one attached hydrogen (secondary N) is 2. The van der Waals surface area contributed by atoms with Gasteiger partial charge < -0.3 is 14.5 Å². The largest absolute Gasteiger partial charge is 0.490 e. The molecule has 1 fully saturated rings. The third kappa shape index (κ3) is 4.97. The summed E-state index contributed by atoms with van der Waals surface area (Å²) >= 11 is 0. The van der Waals surface area contributed by atoms with E-state index in [0.29, 0.717) is 29.8 Å². The average Bonchev–Trinajstić information content (AvgIpc) is 3.28. The quantitative estimate of drug-likeness (QED) is 0.391. The van der Waals surface area contributed by atoms with Crippen molar-refractivity contribution in [3.05, 3.63) is 60.3 Å². The van der Waals surface area contributed by atoms with Crippen molar-refractivity contribution in [2.24, 2.45) is 0 Å². The summed E-state index contributed by atoms with van der Waals surface area (Å²) in [5, 5.41) is 4.01. The summed E-state index contributed by atoms with van der Waals surface area (Å²) in [6.07, 6.45) is 10.9. The van der Waals surface area contributed by atoms with Gasteiger partial charge in [-0.25, -0.2) is 4.79 Å². The molecule has 2 aliphatic heterocycles. The number of amides is 1. The lowest BCUT2D eigenvalue weighted by atomic mass is 9.89. The number of aromatic nitrogens is 1. The number of carbonyl (C=O) groups is 1. The van der Waals surface area contributed by atoms with Gasteiger partial charge in [0.2, 0.25) is 0 Å². The van der Waals surface area contributed by atoms with Crippen LogP contribution in [0.2, 0.25) is 0 Å². The van der Waals surface area contributed by atoms with Crippen LogP contribution in [0.3, 0.4) is 0 Å². The van der Waals surface area contributed by atoms with E-state index in [4.69, 9.17) is 9.47 Å². The van der Waals surface area contributed by atoms with Gasteiger partial charge >= 0.3 is 6.09 Å². The number of piperidine rings is 1. The molecule has 0 saturated carbocycles. The number of ether oxygens (including phenoxy) is 2. The average molecular weight is 460 g/mol. The second-order valence-corrected chi connectivity index (χ2v) is 9.20. The third-order valence-corrected chi connectivity index (χ3v) is 6.86. The molecule has 3 heterocycles. The Hall–Kier alpha value is -3.25. The monoisotopic (exact) mass is 459 g/mol. The number of aromatic amines is 1. The lowest BCUT2D eigenvalue weighted by molar-refractivity contribution is 0.161. The zero-order valence-electron chi connectivity index (χ0n) is 19.8. The lowest BCUT2D eigenvalue weighted by Gasteiger charge is -2.38. The van der Waals surface area contributed by atoms with E-state index in [2.05, 4.69) is 34.4 Å². The molecule has 0 bridgehead atoms. The normalized spacial score (nSPS) is 18.3. The zero-order valence-corrected chi connectivity index (χ0v) is 19.8. The molecule has 2 aromatic carbocycles. The van der Waals surface area contributed by atoms with Gasteiger partial charge in [-0.15, -0.1) is 0 Å². The molecule has 3 aromatic rings. The first-order valence-electron chi connectivity index (χ1n) is 12.5. The molecule has 6 heteroatoms. The van der Waals surface area contributed by atoms with Gasteiger partial charge in [0.25, 0.3) is 0 Å². The molecule has 2 N–H and O–H groups in total. The molecule has 5 rings (SSSR count). The molecular weight excluding hydrogens is 426 g/mol. The van der Waals surface area contributed by atoms with E-state index in [0.717, 1.165) is 36.7 Å². The first-order valence-corrected chi connectivity index (χ1v) is 12.5. The Morgan fingerprint density at radius 2 is 2.06 bits per heavy atom. The number of carbonyl (C=O) groups excluding carboxylic acids is 1. The van der Waals surface area contributed by atoms with Gasteiger partial charge in [-0.05, 0) is 68.1 Å². The maximum atomic E-state index is 12.7. The zero-order chi connectivity index (χ0) is 23.3. The summed E-state index contributed by atoms with van der Waals surface area (Å²) in [5.41, 5.74) is 4.40. The van der Waals surface area contributed by atoms with Gasteiger partial charge in [0, 0.05) is 40.9 Å². The van der Waals surface area contributed by atoms with Crippen LogP contribution in [0.25, 0.3) is 16.5 Å². The van der Waals surface area contributed by atoms with E-state index in [9.17, 15) is 4.79 Å². The van der Waals surface area contributed by atoms with Gasteiger partial charge in [-0.3, -0.25) is 10.2 Å². The van der Waals surface area contributed by atoms with Gasteiger partial charge in [-0.1, -0.05) is 38.0 Å². The Morgan fingerprint density at radius 3 is 2.94 bits per heavy atom. The number of para-hydroxylation sites is 2. The third-order valence-electron chi connectivity index (χ3n) is 6.86. The number of anilines is 1. The van der Waals surface area contributed by atoms with Crippen LogP contribution >= 0.6 is 0 Å². The van der Waals surface area contributed by atoms with E-state index in [1.54, 1.807) is 6.07 Å². The van der Waals surface area contributed by atoms with Crippen LogP contribution in [0.5, 0.6) is 11.5 Å². The molecule has 0 aliphatic carbocycles. The standard InChI is InChI=1S/C28H33N3O3/c1-2-3-16-33-26-9-4-5-10-27(26)34-28(32)30-21-11-12-25-23(18-21)24(19-29-25)20-13-15-31-14-7-6-8-22(31)17-20/h4-5,9-13,18-19,22,29H,2-3,6-8,14-17H2,1H3,(H,30,32). The molecule has 1 atom stereocenters. The number of hydrogen-bond acceptors (Lipinski definition) is 4. The number of benzene rings is 2. The molecule has 6 nitrogen and oxygen atoms in total. The summed E-state index contributed by atoms with van der Waals surface area (Å²) < 4.78 is 11.4. The fourth-order valence-corrected chi connectivity index (χ4v) is 5.00. The molecule has 0 radical (unpaired) electrons. The molecular formula is C28H33N3O3. The van der Waals surface area contributed by atoms with Gasteiger partial charge in [0.05, 0.1) is 6.61 Å². The topological polar surface area (TPSA) is 66.6 Å². The minimum atomic E-state index is -0.530. The highest BCUT2D eigenvalue weighted by atomic mass is 16.6. The van der Waals surface area contributed by atoms with Crippen molar-refractivity contribution < 1.29 is 14.3 Å². The van der Waals surface area contributed by atoms with Gasteiger partial charge in [-0.2, -0.15) is 0 Å². The Kier molecular flexibility index (Phi) is 6.86. The van der Waals surface area contributed by atoms with Crippen LogP contribution in [0.4, 0.5) is 10.5 Å². The Morgan fingerprint density at radius 1 is 1.18 bits per heavy atom. The number of fused-ring (bicyclic) bond motifs is 2. The Labute approximate surface area is 200 Å². The summed E-state index contributed by atoms with van der Waals surface area (Å²) in [7, 11) is 0. The Balaban J connectivity index is 1.30. The van der Waals surface area contributed by atoms with Gasteiger partial charge in [0.15, 0.2) is 11.5 Å². The Bertz CT molecular complexity index is 1180. The van der Waals surface area contributed by atoms with Crippen LogP contribution in [0.1, 0.15) is 51.0 Å². The minimum absolute atomic E-state index is 0.420. The van der Waals surface area contributed by atoms with Crippen LogP contribution in [-0.2, 0) is 0 Å². The number of rotatable bonds is 7. The van der Waals surface area contributed by atoms with Crippen molar-refractivity contribution in [2.45, 2.75) is 51.5 Å². The first kappa shape index (κ1) is 22.5. The minimum Gasteiger partial charge on any atom is -0.490 e. The maximum Gasteiger partial charge on any atom is 0.417 e. The summed E-state index contributed by atoms with van der Waals surface area (Å²) in [6, 6.07) is 13.9. The van der Waals surface area contributed by atoms with E-state index < -0.39 is 6.09 Å². The fraction of sp³-hybridized carbons (Fsp3) is 0.393. The molecule has 1 aromatic heterocycles. The van der Waals surface area contributed by atoms with Gasteiger partial charge in [0.1, 0.15) is 0 Å². The summed E-state index contributed by atoms with van der Waals surface area (Å²) in [5.74, 6) is 0.999. The molecule has 1 amide bonds. The van der Waals surface area contributed by atoms with E-state index in [-0.39, 0.29) is 0 Å². The van der Waals surface area contributed by atoms with Crippen molar-refractivity contribution in [1.82, 2.24) is 9.88 Å². The van der Waals surface area contributed by atoms with Crippen LogP contribution < -0.4 is 14.8 Å². The maximum absolute atomic E-state index is 12.7. The van der Waals surface area contributed by atoms with Crippen molar-refractivity contribution in [3.63, 3.8) is 0 Å². The van der Waals surface area contributed by atoms with E-state index in [1.807, 2.05) is 36.4 Å². The molecule has 1 unspecified atom stereocenters. The van der Waals surface area contributed by atoms with Crippen molar-refractivity contribution in [1.29, 1.82) is 0 Å². The highest BCUT2D eigenvalue weighted by Crippen LogP contribution is 2.35. The number of H-pyrrole nitrogens is 1. The molecule has 178 valence electrons. The summed E-state index contributed by atoms with van der Waals surface area (Å²) in [6.45, 7) is 4.95. The fourth-order valence-electron chi connectivity index (χ4n) is 5.00. The summed E-state index contributed by atoms with van der Waals surface area (Å²) in [4.78, 5) is 18.7. The molecule has 2 aliphatic rings. The number of unbranched alkanes of at least 4 members (excludes halogenated alkanes) is 1. The highest BCUT2D eigenvalue weighted by Gasteiger charge is 2.27. The predicted octanol–water partition coefficient (Wildman–Crippen LogP) is 6.60. The van der Waals surface area contributed by atoms with Crippen molar-refractivity contribution >= 4 is 28.3 Å². The first-order chi connectivity index (χ1) is 16.7. The van der Waals surface area contributed by atoms with Crippen LogP contribution in [-0.4, -0.2) is 41.7 Å². The molecule has 0 spiro atoms. The number of nitrogens with zero attached hydrogens (tertiary/aromatic N) is 1. The molecule has 34 heavy (non-hydrogen) atoms.